The van der Waals surface area contributed by atoms with Crippen LogP contribution in [0.2, 0.25) is 39.3 Å². The predicted molar refractivity (Wildman–Crippen MR) is 116 cm³/mol. The third-order valence-corrected chi connectivity index (χ3v) is 8.75. The molecule has 162 valence electrons. The van der Waals surface area contributed by atoms with Crippen LogP contribution < -0.4 is 0 Å². The Morgan fingerprint density at radius 3 is 2.37 bits per heavy atom. The number of ether oxygens (including phenoxy) is 1. The molecule has 0 aromatic rings. The van der Waals surface area contributed by atoms with Crippen LogP contribution in [0.3, 0.4) is 0 Å². The van der Waals surface area contributed by atoms with Crippen molar-refractivity contribution in [1.82, 2.24) is 0 Å². The molecule has 1 saturated carbocycles. The molecule has 0 aromatic heterocycles. The van der Waals surface area contributed by atoms with Gasteiger partial charge in [-0.25, -0.2) is 0 Å². The van der Waals surface area contributed by atoms with E-state index in [9.17, 15) is 15.3 Å². The number of allylic oxidation sites excluding steroid dienone is 1. The Morgan fingerprint density at radius 2 is 1.80 bits per heavy atom. The first-order chi connectivity index (χ1) is 13.8. The first kappa shape index (κ1) is 21.8. The molecule has 30 heavy (non-hydrogen) atoms. The van der Waals surface area contributed by atoms with Crippen molar-refractivity contribution in [3.05, 3.63) is 11.8 Å². The average molecular weight is 445 g/mol. The van der Waals surface area contributed by atoms with Crippen molar-refractivity contribution in [2.24, 2.45) is 17.3 Å². The first-order valence-corrected chi connectivity index (χ1v) is 17.7. The molecular weight excluding hydrogens is 412 g/mol. The van der Waals surface area contributed by atoms with Gasteiger partial charge < -0.3 is 13.6 Å². The minimum Gasteiger partial charge on any atom is -0.547 e. The van der Waals surface area contributed by atoms with Gasteiger partial charge in [0, 0.05) is 24.7 Å². The van der Waals surface area contributed by atoms with Crippen LogP contribution in [-0.2, 0) is 18.4 Å². The molecule has 2 heterocycles. The summed E-state index contributed by atoms with van der Waals surface area (Å²) in [5, 5.41) is 19.4. The van der Waals surface area contributed by atoms with Crippen LogP contribution in [0.15, 0.2) is 11.8 Å². The lowest BCUT2D eigenvalue weighted by Gasteiger charge is -2.53. The molecule has 2 aliphatic carbocycles. The van der Waals surface area contributed by atoms with Gasteiger partial charge in [0.05, 0.1) is 24.0 Å². The summed E-state index contributed by atoms with van der Waals surface area (Å²) in [6.07, 6.45) is 4.47. The van der Waals surface area contributed by atoms with E-state index in [-0.39, 0.29) is 30.1 Å². The highest BCUT2D eigenvalue weighted by molar-refractivity contribution is 6.70. The van der Waals surface area contributed by atoms with E-state index < -0.39 is 33.3 Å². The van der Waals surface area contributed by atoms with E-state index in [4.69, 9.17) is 13.6 Å². The number of hydrogen-bond donors (Lipinski definition) is 0. The molecule has 2 saturated heterocycles. The maximum atomic E-state index is 14.3. The molecule has 3 fully saturated rings. The predicted octanol–water partition coefficient (Wildman–Crippen LogP) is 4.28. The fraction of sp³-hybridized carbons (Fsp3) is 0.773. The molecule has 0 N–H and O–H groups in total. The van der Waals surface area contributed by atoms with Crippen LogP contribution in [0, 0.1) is 39.9 Å². The molecule has 0 radical (unpaired) electrons. The maximum absolute atomic E-state index is 14.3. The number of nitriles is 2. The molecule has 1 spiro atoms. The number of carbonyl (C=O) groups excluding carboxylic acids is 1. The molecule has 4 aliphatic rings. The molecule has 2 aliphatic heterocycles. The SMILES string of the molecule is C[Si](C)(C)OC1=CC[C@H]2[C@@H]3C[C@H]4CC(C#N)(C#N)C[C@]4(O3)C(=O)[C@@]2(O[Si](C)(C)C)C1. The summed E-state index contributed by atoms with van der Waals surface area (Å²) in [6.45, 7) is 12.8. The van der Waals surface area contributed by atoms with Crippen LogP contribution in [0.5, 0.6) is 0 Å². The fourth-order valence-corrected chi connectivity index (χ4v) is 8.52. The van der Waals surface area contributed by atoms with Gasteiger partial charge in [-0.15, -0.1) is 0 Å². The quantitative estimate of drug-likeness (QED) is 0.601. The molecule has 0 amide bonds. The molecular formula is C22H32N2O4Si2. The van der Waals surface area contributed by atoms with Gasteiger partial charge >= 0.3 is 0 Å². The van der Waals surface area contributed by atoms with Gasteiger partial charge in [0.1, 0.15) is 16.6 Å². The average Bonchev–Trinajstić information content (AvgIpc) is 3.08. The van der Waals surface area contributed by atoms with Gasteiger partial charge in [0.2, 0.25) is 8.32 Å². The highest BCUT2D eigenvalue weighted by Crippen LogP contribution is 2.64. The van der Waals surface area contributed by atoms with Gasteiger partial charge in [-0.3, -0.25) is 4.79 Å². The molecule has 6 nitrogen and oxygen atoms in total. The Morgan fingerprint density at radius 1 is 1.13 bits per heavy atom. The Bertz CT molecular complexity index is 877. The standard InChI is InChI=1S/C22H32N2O4Si2/c1-29(2,3)27-16-7-8-17-18-9-15-10-20(13-23,14-24)12-22(15,26-18)19(25)21(17,11-16)28-30(4,5)6/h7,15,17-18H,8-12H2,1-6H3/t15-,17-,18-,21+,22+/m0/s1. The third-order valence-electron chi connectivity index (χ3n) is 6.90. The fourth-order valence-electron chi connectivity index (χ4n) is 6.17. The van der Waals surface area contributed by atoms with Gasteiger partial charge in [0.15, 0.2) is 14.1 Å². The lowest BCUT2D eigenvalue weighted by Crippen LogP contribution is -2.67. The molecule has 2 bridgehead atoms. The van der Waals surface area contributed by atoms with Gasteiger partial charge in [-0.2, -0.15) is 10.5 Å². The van der Waals surface area contributed by atoms with Crippen molar-refractivity contribution >= 4 is 22.4 Å². The van der Waals surface area contributed by atoms with Crippen molar-refractivity contribution in [3.8, 4) is 12.1 Å². The summed E-state index contributed by atoms with van der Waals surface area (Å²) in [4.78, 5) is 14.3. The van der Waals surface area contributed by atoms with E-state index in [0.717, 1.165) is 12.2 Å². The number of fused-ring (bicyclic) bond motifs is 3. The third kappa shape index (κ3) is 3.20. The van der Waals surface area contributed by atoms with Crippen LogP contribution >= 0.6 is 0 Å². The van der Waals surface area contributed by atoms with Crippen LogP contribution in [-0.4, -0.2) is 39.7 Å². The van der Waals surface area contributed by atoms with E-state index >= 15 is 0 Å². The van der Waals surface area contributed by atoms with Crippen LogP contribution in [0.1, 0.15) is 32.1 Å². The van der Waals surface area contributed by atoms with Gasteiger partial charge in [0.25, 0.3) is 0 Å². The number of hydrogen-bond acceptors (Lipinski definition) is 6. The zero-order valence-corrected chi connectivity index (χ0v) is 20.9. The van der Waals surface area contributed by atoms with E-state index in [1.165, 1.54) is 0 Å². The van der Waals surface area contributed by atoms with E-state index in [1.807, 2.05) is 0 Å². The first-order valence-electron chi connectivity index (χ1n) is 10.9. The van der Waals surface area contributed by atoms with Crippen molar-refractivity contribution in [1.29, 1.82) is 10.5 Å². The van der Waals surface area contributed by atoms with Crippen molar-refractivity contribution < 1.29 is 18.4 Å². The van der Waals surface area contributed by atoms with Gasteiger partial charge in [-0.05, 0) is 64.6 Å². The largest absolute Gasteiger partial charge is 0.547 e. The van der Waals surface area contributed by atoms with E-state index in [0.29, 0.717) is 19.3 Å². The minimum absolute atomic E-state index is 0.0412. The Balaban J connectivity index is 1.79. The summed E-state index contributed by atoms with van der Waals surface area (Å²) in [7, 11) is -3.94. The summed E-state index contributed by atoms with van der Waals surface area (Å²) < 4.78 is 19.6. The maximum Gasteiger partial charge on any atom is 0.241 e. The molecule has 4 rings (SSSR count). The molecule has 5 atom stereocenters. The number of ketones is 1. The second-order valence-corrected chi connectivity index (χ2v) is 20.4. The number of carbonyl (C=O) groups is 1. The Hall–Kier alpha value is -1.46. The summed E-state index contributed by atoms with van der Waals surface area (Å²) in [6, 6.07) is 4.38. The van der Waals surface area contributed by atoms with Crippen LogP contribution in [0.4, 0.5) is 0 Å². The zero-order valence-electron chi connectivity index (χ0n) is 18.9. The Labute approximate surface area is 181 Å². The molecule has 0 unspecified atom stereocenters. The van der Waals surface area contributed by atoms with Crippen LogP contribution in [0.25, 0.3) is 0 Å². The number of nitrogens with zero attached hydrogens (tertiary/aromatic N) is 2. The van der Waals surface area contributed by atoms with Crippen molar-refractivity contribution in [2.75, 3.05) is 0 Å². The summed E-state index contributed by atoms with van der Waals surface area (Å²) in [5.74, 6) is 0.679. The summed E-state index contributed by atoms with van der Waals surface area (Å²) >= 11 is 0. The Kier molecular flexibility index (Phi) is 4.73. The highest BCUT2D eigenvalue weighted by Gasteiger charge is 2.74. The smallest absolute Gasteiger partial charge is 0.241 e. The van der Waals surface area contributed by atoms with E-state index in [2.05, 4.69) is 57.5 Å². The van der Waals surface area contributed by atoms with E-state index in [1.54, 1.807) is 0 Å². The molecule has 8 heteroatoms. The summed E-state index contributed by atoms with van der Waals surface area (Å²) in [5.41, 5.74) is -3.21. The highest BCUT2D eigenvalue weighted by atomic mass is 28.4. The topological polar surface area (TPSA) is 92.3 Å². The second-order valence-electron chi connectivity index (χ2n) is 11.5. The minimum atomic E-state index is -2.10. The van der Waals surface area contributed by atoms with Gasteiger partial charge in [-0.1, -0.05) is 0 Å². The number of Topliss-reactive ketones (excluding diaryl/α,β-unsaturated/α-hetero) is 1. The van der Waals surface area contributed by atoms with Crippen molar-refractivity contribution in [3.63, 3.8) is 0 Å². The van der Waals surface area contributed by atoms with Crippen molar-refractivity contribution in [2.45, 2.75) is 88.7 Å². The number of rotatable bonds is 4. The lowest BCUT2D eigenvalue weighted by atomic mass is 9.67. The second kappa shape index (κ2) is 6.52. The normalized spacial score (nSPS) is 39.4. The monoisotopic (exact) mass is 444 g/mol. The zero-order chi connectivity index (χ0) is 22.2. The molecule has 0 aromatic carbocycles. The lowest BCUT2D eigenvalue weighted by molar-refractivity contribution is -0.200.